The van der Waals surface area contributed by atoms with Crippen molar-refractivity contribution in [1.82, 2.24) is 0 Å². The second-order valence-corrected chi connectivity index (χ2v) is 5.17. The van der Waals surface area contributed by atoms with Crippen LogP contribution in [0.25, 0.3) is 0 Å². The van der Waals surface area contributed by atoms with Gasteiger partial charge in [-0.05, 0) is 18.8 Å². The van der Waals surface area contributed by atoms with Crippen molar-refractivity contribution in [2.75, 3.05) is 13.7 Å². The second kappa shape index (κ2) is 8.06. The van der Waals surface area contributed by atoms with E-state index in [1.807, 2.05) is 0 Å². The molecule has 0 heterocycles. The molecular formula is C10H21BrO. The Balaban J connectivity index is 3.14. The zero-order valence-corrected chi connectivity index (χ0v) is 10.1. The third-order valence-electron chi connectivity index (χ3n) is 2.02. The summed E-state index contributed by atoms with van der Waals surface area (Å²) >= 11 is 3.57. The lowest BCUT2D eigenvalue weighted by molar-refractivity contribution is 0.190. The minimum absolute atomic E-state index is 0.662. The van der Waals surface area contributed by atoms with Crippen molar-refractivity contribution < 1.29 is 4.74 Å². The molecule has 0 bridgehead atoms. The molecule has 1 nitrogen and oxygen atoms in total. The number of hydrogen-bond acceptors (Lipinski definition) is 1. The minimum Gasteiger partial charge on any atom is -0.385 e. The van der Waals surface area contributed by atoms with E-state index in [0.717, 1.165) is 12.5 Å². The van der Waals surface area contributed by atoms with E-state index in [1.165, 1.54) is 25.7 Å². The Hall–Kier alpha value is 0.440. The second-order valence-electron chi connectivity index (χ2n) is 3.61. The van der Waals surface area contributed by atoms with E-state index in [0.29, 0.717) is 4.83 Å². The zero-order valence-electron chi connectivity index (χ0n) is 8.48. The molecule has 0 aliphatic heterocycles. The van der Waals surface area contributed by atoms with Gasteiger partial charge < -0.3 is 4.74 Å². The highest BCUT2D eigenvalue weighted by atomic mass is 79.9. The SMILES string of the molecule is COCCCCC(C)CC(C)Br. The maximum Gasteiger partial charge on any atom is 0.0462 e. The van der Waals surface area contributed by atoms with Crippen LogP contribution in [0.2, 0.25) is 0 Å². The molecule has 0 saturated carbocycles. The Labute approximate surface area is 85.0 Å². The predicted molar refractivity (Wildman–Crippen MR) is 57.9 cm³/mol. The van der Waals surface area contributed by atoms with Crippen LogP contribution in [0.4, 0.5) is 0 Å². The van der Waals surface area contributed by atoms with Crippen LogP contribution in [0.5, 0.6) is 0 Å². The summed E-state index contributed by atoms with van der Waals surface area (Å²) in [7, 11) is 1.77. The molecule has 0 spiro atoms. The molecule has 2 unspecified atom stereocenters. The van der Waals surface area contributed by atoms with E-state index in [2.05, 4.69) is 29.8 Å². The van der Waals surface area contributed by atoms with Gasteiger partial charge in [0.2, 0.25) is 0 Å². The van der Waals surface area contributed by atoms with Crippen molar-refractivity contribution in [3.8, 4) is 0 Å². The van der Waals surface area contributed by atoms with Gasteiger partial charge in [-0.3, -0.25) is 0 Å². The number of methoxy groups -OCH3 is 1. The third-order valence-corrected chi connectivity index (χ3v) is 2.40. The van der Waals surface area contributed by atoms with Crippen LogP contribution in [0.15, 0.2) is 0 Å². The van der Waals surface area contributed by atoms with Crippen LogP contribution in [-0.2, 0) is 4.74 Å². The molecule has 0 aromatic heterocycles. The molecule has 0 aromatic rings. The monoisotopic (exact) mass is 236 g/mol. The van der Waals surface area contributed by atoms with Crippen molar-refractivity contribution in [3.05, 3.63) is 0 Å². The number of hydrogen-bond donors (Lipinski definition) is 0. The summed E-state index contributed by atoms with van der Waals surface area (Å²) < 4.78 is 5.00. The number of ether oxygens (including phenoxy) is 1. The summed E-state index contributed by atoms with van der Waals surface area (Å²) in [6.45, 7) is 5.45. The molecule has 0 saturated heterocycles. The molecule has 0 aromatic carbocycles. The molecular weight excluding hydrogens is 216 g/mol. The number of unbranched alkanes of at least 4 members (excludes halogenated alkanes) is 1. The quantitative estimate of drug-likeness (QED) is 0.485. The fraction of sp³-hybridized carbons (Fsp3) is 1.00. The van der Waals surface area contributed by atoms with E-state index >= 15 is 0 Å². The highest BCUT2D eigenvalue weighted by Gasteiger charge is 2.04. The smallest absolute Gasteiger partial charge is 0.0462 e. The fourth-order valence-electron chi connectivity index (χ4n) is 1.41. The lowest BCUT2D eigenvalue weighted by Crippen LogP contribution is -2.02. The Morgan fingerprint density at radius 2 is 1.92 bits per heavy atom. The number of alkyl halides is 1. The molecule has 0 N–H and O–H groups in total. The van der Waals surface area contributed by atoms with Crippen molar-refractivity contribution >= 4 is 15.9 Å². The van der Waals surface area contributed by atoms with Gasteiger partial charge in [0, 0.05) is 18.5 Å². The van der Waals surface area contributed by atoms with Crippen molar-refractivity contribution in [2.45, 2.75) is 44.4 Å². The van der Waals surface area contributed by atoms with Gasteiger partial charge in [0.05, 0.1) is 0 Å². The van der Waals surface area contributed by atoms with Crippen LogP contribution in [0.1, 0.15) is 39.5 Å². The Kier molecular flexibility index (Phi) is 8.35. The average molecular weight is 237 g/mol. The van der Waals surface area contributed by atoms with Crippen LogP contribution >= 0.6 is 15.9 Å². The number of halogens is 1. The highest BCUT2D eigenvalue weighted by Crippen LogP contribution is 2.17. The summed E-state index contributed by atoms with van der Waals surface area (Å²) in [4.78, 5) is 0.662. The van der Waals surface area contributed by atoms with Crippen molar-refractivity contribution in [1.29, 1.82) is 0 Å². The molecule has 2 atom stereocenters. The summed E-state index contributed by atoms with van der Waals surface area (Å²) in [6, 6.07) is 0. The lowest BCUT2D eigenvalue weighted by atomic mass is 9.99. The predicted octanol–water partition coefficient (Wildman–Crippen LogP) is 3.61. The van der Waals surface area contributed by atoms with Crippen LogP contribution < -0.4 is 0 Å². The Morgan fingerprint density at radius 1 is 1.25 bits per heavy atom. The van der Waals surface area contributed by atoms with Crippen LogP contribution in [0, 0.1) is 5.92 Å². The molecule has 0 amide bonds. The van der Waals surface area contributed by atoms with Gasteiger partial charge in [-0.25, -0.2) is 0 Å². The van der Waals surface area contributed by atoms with Crippen molar-refractivity contribution in [2.24, 2.45) is 5.92 Å². The number of rotatable bonds is 7. The topological polar surface area (TPSA) is 9.23 Å². The molecule has 0 aliphatic carbocycles. The Morgan fingerprint density at radius 3 is 2.42 bits per heavy atom. The third kappa shape index (κ3) is 8.54. The van der Waals surface area contributed by atoms with E-state index in [-0.39, 0.29) is 0 Å². The van der Waals surface area contributed by atoms with Crippen molar-refractivity contribution in [3.63, 3.8) is 0 Å². The summed E-state index contributed by atoms with van der Waals surface area (Å²) in [5.41, 5.74) is 0. The molecule has 0 aliphatic rings. The van der Waals surface area contributed by atoms with Gasteiger partial charge in [0.15, 0.2) is 0 Å². The minimum atomic E-state index is 0.662. The normalized spacial score (nSPS) is 16.0. The molecule has 0 rings (SSSR count). The first-order valence-corrected chi connectivity index (χ1v) is 5.71. The maximum atomic E-state index is 5.00. The summed E-state index contributed by atoms with van der Waals surface area (Å²) in [6.07, 6.45) is 5.12. The average Bonchev–Trinajstić information content (AvgIpc) is 1.97. The van der Waals surface area contributed by atoms with Crippen LogP contribution in [0.3, 0.4) is 0 Å². The van der Waals surface area contributed by atoms with E-state index in [4.69, 9.17) is 4.74 Å². The maximum absolute atomic E-state index is 5.00. The van der Waals surface area contributed by atoms with Gasteiger partial charge in [0.25, 0.3) is 0 Å². The van der Waals surface area contributed by atoms with Crippen LogP contribution in [-0.4, -0.2) is 18.5 Å². The van der Waals surface area contributed by atoms with Gasteiger partial charge in [0.1, 0.15) is 0 Å². The van der Waals surface area contributed by atoms with Gasteiger partial charge in [-0.2, -0.15) is 0 Å². The summed E-state index contributed by atoms with van der Waals surface area (Å²) in [5.74, 6) is 0.844. The van der Waals surface area contributed by atoms with E-state index in [9.17, 15) is 0 Å². The van der Waals surface area contributed by atoms with Gasteiger partial charge in [-0.1, -0.05) is 42.6 Å². The standard InChI is InChI=1S/C10H21BrO/c1-9(8-10(2)11)6-4-5-7-12-3/h9-10H,4-8H2,1-3H3. The largest absolute Gasteiger partial charge is 0.385 e. The zero-order chi connectivity index (χ0) is 9.40. The summed E-state index contributed by atoms with van der Waals surface area (Å²) in [5, 5.41) is 0. The first-order chi connectivity index (χ1) is 5.66. The highest BCUT2D eigenvalue weighted by molar-refractivity contribution is 9.09. The molecule has 2 heteroatoms. The lowest BCUT2D eigenvalue weighted by Gasteiger charge is -2.12. The molecule has 74 valence electrons. The van der Waals surface area contributed by atoms with E-state index in [1.54, 1.807) is 7.11 Å². The molecule has 0 fully saturated rings. The Bertz CT molecular complexity index is 93.8. The van der Waals surface area contributed by atoms with E-state index < -0.39 is 0 Å². The van der Waals surface area contributed by atoms with Gasteiger partial charge in [-0.15, -0.1) is 0 Å². The van der Waals surface area contributed by atoms with Gasteiger partial charge >= 0.3 is 0 Å². The first-order valence-electron chi connectivity index (χ1n) is 4.79. The fourth-order valence-corrected chi connectivity index (χ4v) is 2.05. The first kappa shape index (κ1) is 12.4. The molecule has 12 heavy (non-hydrogen) atoms. The molecule has 0 radical (unpaired) electrons.